The SMILES string of the molecule is COC(=O)NC(C(=O)N1CCCC1c1nc2ccc(-c3ccc(-c4ccc(-c5cnc(C)[nH]5)s4)c4c3C3CCC4C3)cc2[nH]1)C(C)C. The number of H-pyrrole nitrogens is 2. The smallest absolute Gasteiger partial charge is 0.407 e. The number of aromatic nitrogens is 4. The van der Waals surface area contributed by atoms with E-state index in [1.807, 2.05) is 43.2 Å². The lowest BCUT2D eigenvalue weighted by atomic mass is 9.83. The van der Waals surface area contributed by atoms with E-state index in [-0.39, 0.29) is 17.9 Å². The summed E-state index contributed by atoms with van der Waals surface area (Å²) in [5.41, 5.74) is 9.90. The molecule has 8 rings (SSSR count). The number of benzene rings is 2. The topological polar surface area (TPSA) is 116 Å². The number of nitrogens with one attached hydrogen (secondary N) is 3. The van der Waals surface area contributed by atoms with Crippen molar-refractivity contribution >= 4 is 34.4 Å². The molecule has 2 bridgehead atoms. The molecule has 3 aromatic heterocycles. The Morgan fingerprint density at radius 3 is 2.51 bits per heavy atom. The zero-order chi connectivity index (χ0) is 32.4. The highest BCUT2D eigenvalue weighted by molar-refractivity contribution is 7.18. The number of thiophene rings is 1. The minimum atomic E-state index is -0.658. The molecule has 3 aliphatic rings. The zero-order valence-electron chi connectivity index (χ0n) is 27.2. The van der Waals surface area contributed by atoms with Crippen LogP contribution in [0.15, 0.2) is 48.7 Å². The van der Waals surface area contributed by atoms with Crippen molar-refractivity contribution in [2.75, 3.05) is 13.7 Å². The monoisotopic (exact) mass is 648 g/mol. The van der Waals surface area contributed by atoms with E-state index < -0.39 is 12.1 Å². The second-order valence-corrected chi connectivity index (χ2v) is 14.7. The number of amides is 2. The number of aryl methyl sites for hydroxylation is 1. The first kappa shape index (κ1) is 29.9. The first-order valence-corrected chi connectivity index (χ1v) is 17.5. The van der Waals surface area contributed by atoms with Crippen LogP contribution < -0.4 is 5.32 Å². The van der Waals surface area contributed by atoms with Gasteiger partial charge in [-0.15, -0.1) is 11.3 Å². The van der Waals surface area contributed by atoms with E-state index in [0.29, 0.717) is 18.4 Å². The lowest BCUT2D eigenvalue weighted by Gasteiger charge is -2.29. The van der Waals surface area contributed by atoms with Gasteiger partial charge in [0, 0.05) is 11.4 Å². The van der Waals surface area contributed by atoms with Crippen LogP contribution in [0.2, 0.25) is 0 Å². The van der Waals surface area contributed by atoms with E-state index in [1.54, 1.807) is 5.56 Å². The fraction of sp³-hybridized carbons (Fsp3) is 0.405. The summed E-state index contributed by atoms with van der Waals surface area (Å²) < 4.78 is 4.79. The lowest BCUT2D eigenvalue weighted by molar-refractivity contribution is -0.135. The van der Waals surface area contributed by atoms with Gasteiger partial charge >= 0.3 is 6.09 Å². The Hall–Kier alpha value is -4.44. The summed E-state index contributed by atoms with van der Waals surface area (Å²) in [6, 6.07) is 14.8. The first-order chi connectivity index (χ1) is 22.8. The molecule has 2 aromatic carbocycles. The Morgan fingerprint density at radius 1 is 1.00 bits per heavy atom. The predicted octanol–water partition coefficient (Wildman–Crippen LogP) is 8.07. The molecular weight excluding hydrogens is 609 g/mol. The van der Waals surface area contributed by atoms with Gasteiger partial charge < -0.3 is 24.9 Å². The summed E-state index contributed by atoms with van der Waals surface area (Å²) in [4.78, 5) is 46.4. The predicted molar refractivity (Wildman–Crippen MR) is 184 cm³/mol. The molecule has 4 unspecified atom stereocenters. The van der Waals surface area contributed by atoms with Crippen LogP contribution in [0.5, 0.6) is 0 Å². The molecule has 9 nitrogen and oxygen atoms in total. The number of nitrogens with zero attached hydrogens (tertiary/aromatic N) is 3. The minimum Gasteiger partial charge on any atom is -0.453 e. The molecule has 2 aliphatic carbocycles. The summed E-state index contributed by atoms with van der Waals surface area (Å²) in [6.45, 7) is 6.48. The molecular formula is C37H40N6O3S. The quantitative estimate of drug-likeness (QED) is 0.165. The number of carbonyl (C=O) groups is 2. The number of aromatic amines is 2. The standard InChI is InChI=1S/C37H40N6O3S/c1-19(2)34(42-37(45)46-4)36(44)43-15-5-6-29(43)35-40-26-12-9-21(17-27(26)41-35)24-10-11-25(33-23-8-7-22(16-23)32(24)33)30-13-14-31(47-30)28-18-38-20(3)39-28/h9-14,17-19,22-23,29,34H,5-8,15-16H2,1-4H3,(H,38,39)(H,40,41)(H,42,45). The Labute approximate surface area is 278 Å². The van der Waals surface area contributed by atoms with Crippen LogP contribution in [0.3, 0.4) is 0 Å². The maximum atomic E-state index is 13.7. The van der Waals surface area contributed by atoms with Gasteiger partial charge in [0.05, 0.1) is 41.0 Å². The summed E-state index contributed by atoms with van der Waals surface area (Å²) >= 11 is 1.83. The molecule has 10 heteroatoms. The molecule has 4 atom stereocenters. The highest BCUT2D eigenvalue weighted by atomic mass is 32.1. The maximum absolute atomic E-state index is 13.7. The number of methoxy groups -OCH3 is 1. The molecule has 4 heterocycles. The molecule has 1 saturated carbocycles. The van der Waals surface area contributed by atoms with E-state index in [4.69, 9.17) is 9.72 Å². The Morgan fingerprint density at radius 2 is 1.77 bits per heavy atom. The number of fused-ring (bicyclic) bond motifs is 6. The number of imidazole rings is 2. The van der Waals surface area contributed by atoms with Gasteiger partial charge in [-0.3, -0.25) is 4.79 Å². The van der Waals surface area contributed by atoms with Gasteiger partial charge in [0.1, 0.15) is 17.7 Å². The third-order valence-corrected chi connectivity index (χ3v) is 11.6. The van der Waals surface area contributed by atoms with Crippen LogP contribution in [0.25, 0.3) is 43.2 Å². The molecule has 5 aromatic rings. The Balaban J connectivity index is 1.11. The molecule has 2 amide bonds. The average molecular weight is 649 g/mol. The van der Waals surface area contributed by atoms with Crippen LogP contribution in [0.1, 0.15) is 86.6 Å². The first-order valence-electron chi connectivity index (χ1n) is 16.7. The van der Waals surface area contributed by atoms with Crippen LogP contribution in [-0.4, -0.2) is 56.5 Å². The number of rotatable bonds is 7. The van der Waals surface area contributed by atoms with E-state index >= 15 is 0 Å². The van der Waals surface area contributed by atoms with E-state index in [2.05, 4.69) is 62.7 Å². The molecule has 1 aliphatic heterocycles. The number of carbonyl (C=O) groups excluding carboxylic acids is 2. The molecule has 1 saturated heterocycles. The third-order valence-electron chi connectivity index (χ3n) is 10.4. The fourth-order valence-electron chi connectivity index (χ4n) is 8.21. The molecule has 0 radical (unpaired) electrons. The van der Waals surface area contributed by atoms with Crippen molar-refractivity contribution in [2.24, 2.45) is 5.92 Å². The maximum Gasteiger partial charge on any atom is 0.407 e. The summed E-state index contributed by atoms with van der Waals surface area (Å²) in [6.07, 6.45) is 6.78. The molecule has 2 fully saturated rings. The van der Waals surface area contributed by atoms with Crippen molar-refractivity contribution in [1.82, 2.24) is 30.2 Å². The van der Waals surface area contributed by atoms with Crippen LogP contribution in [0, 0.1) is 12.8 Å². The van der Waals surface area contributed by atoms with Gasteiger partial charge in [-0.2, -0.15) is 0 Å². The van der Waals surface area contributed by atoms with Crippen LogP contribution in [0.4, 0.5) is 4.79 Å². The minimum absolute atomic E-state index is 0.0769. The largest absolute Gasteiger partial charge is 0.453 e. The highest BCUT2D eigenvalue weighted by Crippen LogP contribution is 2.59. The number of ether oxygens (including phenoxy) is 1. The van der Waals surface area contributed by atoms with Gasteiger partial charge in [0.15, 0.2) is 0 Å². The van der Waals surface area contributed by atoms with Crippen molar-refractivity contribution in [2.45, 2.75) is 76.8 Å². The summed E-state index contributed by atoms with van der Waals surface area (Å²) in [7, 11) is 1.31. The van der Waals surface area contributed by atoms with Crippen molar-refractivity contribution in [3.8, 4) is 32.1 Å². The van der Waals surface area contributed by atoms with Crippen molar-refractivity contribution in [1.29, 1.82) is 0 Å². The van der Waals surface area contributed by atoms with Crippen LogP contribution in [-0.2, 0) is 9.53 Å². The van der Waals surface area contributed by atoms with Crippen LogP contribution >= 0.6 is 11.3 Å². The second kappa shape index (κ2) is 11.7. The summed E-state index contributed by atoms with van der Waals surface area (Å²) in [5.74, 6) is 2.76. The number of hydrogen-bond acceptors (Lipinski definition) is 6. The van der Waals surface area contributed by atoms with Gasteiger partial charge in [0.2, 0.25) is 5.91 Å². The lowest BCUT2D eigenvalue weighted by Crippen LogP contribution is -2.51. The van der Waals surface area contributed by atoms with Gasteiger partial charge in [-0.1, -0.05) is 32.0 Å². The van der Waals surface area contributed by atoms with Gasteiger partial charge in [-0.25, -0.2) is 14.8 Å². The highest BCUT2D eigenvalue weighted by Gasteiger charge is 2.41. The van der Waals surface area contributed by atoms with E-state index in [1.165, 1.54) is 58.4 Å². The van der Waals surface area contributed by atoms with Crippen molar-refractivity contribution in [3.05, 3.63) is 71.4 Å². The van der Waals surface area contributed by atoms with Gasteiger partial charge in [0.25, 0.3) is 0 Å². The van der Waals surface area contributed by atoms with E-state index in [0.717, 1.165) is 41.2 Å². The number of hydrogen-bond donors (Lipinski definition) is 3. The van der Waals surface area contributed by atoms with Crippen molar-refractivity contribution < 1.29 is 14.3 Å². The number of alkyl carbamates (subject to hydrolysis) is 1. The molecule has 0 spiro atoms. The Bertz CT molecular complexity index is 2010. The van der Waals surface area contributed by atoms with Gasteiger partial charge in [-0.05, 0) is 109 Å². The van der Waals surface area contributed by atoms with E-state index in [9.17, 15) is 9.59 Å². The molecule has 47 heavy (non-hydrogen) atoms. The molecule has 3 N–H and O–H groups in total. The summed E-state index contributed by atoms with van der Waals surface area (Å²) in [5, 5.41) is 2.74. The third kappa shape index (κ3) is 5.13. The second-order valence-electron chi connectivity index (χ2n) is 13.6. The van der Waals surface area contributed by atoms with Crippen molar-refractivity contribution in [3.63, 3.8) is 0 Å². The molecule has 242 valence electrons. The average Bonchev–Trinajstić information content (AvgIpc) is 3.92. The number of likely N-dealkylation sites (tertiary alicyclic amines) is 1. The normalized spacial score (nSPS) is 20.7. The Kier molecular flexibility index (Phi) is 7.43. The zero-order valence-corrected chi connectivity index (χ0v) is 28.0. The fourth-order valence-corrected chi connectivity index (χ4v) is 9.22.